The number of aromatic nitrogens is 3. The number of anilines is 3. The molecular formula is C32H41N7O2Si. The summed E-state index contributed by atoms with van der Waals surface area (Å²) in [7, 11) is 1.45. The number of amides is 1. The Labute approximate surface area is 250 Å². The van der Waals surface area contributed by atoms with Crippen LogP contribution in [0.4, 0.5) is 17.3 Å². The van der Waals surface area contributed by atoms with Crippen molar-refractivity contribution in [1.82, 2.24) is 19.9 Å². The maximum atomic E-state index is 11.9. The van der Waals surface area contributed by atoms with E-state index in [1.54, 1.807) is 26.4 Å². The maximum Gasteiger partial charge on any atom is 0.246 e. The van der Waals surface area contributed by atoms with Gasteiger partial charge in [0.25, 0.3) is 0 Å². The van der Waals surface area contributed by atoms with E-state index in [0.29, 0.717) is 36.1 Å². The topological polar surface area (TPSA) is 116 Å². The number of aryl methyl sites for hydroxylation is 1. The third-order valence-electron chi connectivity index (χ3n) is 8.26. The van der Waals surface area contributed by atoms with Crippen LogP contribution in [0.25, 0.3) is 17.3 Å². The molecule has 0 saturated carbocycles. The van der Waals surface area contributed by atoms with Crippen molar-refractivity contribution in [3.05, 3.63) is 65.1 Å². The van der Waals surface area contributed by atoms with Crippen LogP contribution in [0.1, 0.15) is 50.2 Å². The molecule has 220 valence electrons. The lowest BCUT2D eigenvalue weighted by Gasteiger charge is -2.39. The maximum absolute atomic E-state index is 11.9. The van der Waals surface area contributed by atoms with Crippen molar-refractivity contribution in [2.75, 3.05) is 37.9 Å². The largest absolute Gasteiger partial charge is 0.416 e. The van der Waals surface area contributed by atoms with Gasteiger partial charge in [-0.1, -0.05) is 27.7 Å². The Balaban J connectivity index is 1.60. The Morgan fingerprint density at radius 1 is 1.24 bits per heavy atom. The number of nitriles is 1. The van der Waals surface area contributed by atoms with Gasteiger partial charge in [0, 0.05) is 50.5 Å². The Morgan fingerprint density at radius 2 is 1.98 bits per heavy atom. The van der Waals surface area contributed by atoms with E-state index >= 15 is 0 Å². The molecular weight excluding hydrogens is 542 g/mol. The molecule has 1 amide bonds. The average molecular weight is 584 g/mol. The highest BCUT2D eigenvalue weighted by molar-refractivity contribution is 6.74. The average Bonchev–Trinajstić information content (AvgIpc) is 3.27. The van der Waals surface area contributed by atoms with Gasteiger partial charge in [0.2, 0.25) is 11.9 Å². The summed E-state index contributed by atoms with van der Waals surface area (Å²) < 4.78 is 6.65. The molecule has 3 heterocycles. The van der Waals surface area contributed by atoms with Crippen LogP contribution in [0.2, 0.25) is 18.1 Å². The van der Waals surface area contributed by atoms with Crippen molar-refractivity contribution < 1.29 is 9.22 Å². The molecule has 4 rings (SSSR count). The summed E-state index contributed by atoms with van der Waals surface area (Å²) in [6, 6.07) is 11.9. The van der Waals surface area contributed by atoms with Crippen molar-refractivity contribution in [2.45, 2.75) is 58.2 Å². The highest BCUT2D eigenvalue weighted by Gasteiger charge is 2.42. The van der Waals surface area contributed by atoms with Gasteiger partial charge in [0.15, 0.2) is 8.32 Å². The smallest absolute Gasteiger partial charge is 0.246 e. The predicted molar refractivity (Wildman–Crippen MR) is 171 cm³/mol. The van der Waals surface area contributed by atoms with E-state index in [1.165, 1.54) is 11.0 Å². The molecule has 10 heteroatoms. The van der Waals surface area contributed by atoms with Crippen molar-refractivity contribution >= 4 is 37.6 Å². The number of hydrogen-bond acceptors (Lipinski definition) is 8. The van der Waals surface area contributed by atoms with E-state index in [1.807, 2.05) is 31.2 Å². The normalized spacial score (nSPS) is 16.6. The minimum atomic E-state index is -1.95. The summed E-state index contributed by atoms with van der Waals surface area (Å²) in [6.45, 7) is 16.6. The predicted octanol–water partition coefficient (Wildman–Crippen LogP) is 6.27. The number of benzene rings is 1. The molecule has 9 nitrogen and oxygen atoms in total. The van der Waals surface area contributed by atoms with Gasteiger partial charge in [-0.3, -0.25) is 9.78 Å². The zero-order chi connectivity index (χ0) is 30.9. The standard InChI is InChI=1S/C32H41N7O2Si/c1-21-26(12-10-24(36-21)11-13-28(40)39(6)7)37-30-34-15-14-27(38-30)22-16-23(18-33)29-25(17-22)32(5,19-35-29)20-41-42(8,9)31(2,3)4/h10-17,35H,19-20H2,1-9H3,(H,34,37,38)/b13-11+/t32-/m1/s1. The first-order valence-corrected chi connectivity index (χ1v) is 17.0. The first-order chi connectivity index (χ1) is 19.6. The number of nitrogens with zero attached hydrogens (tertiary/aromatic N) is 5. The van der Waals surface area contributed by atoms with E-state index in [-0.39, 0.29) is 16.4 Å². The second kappa shape index (κ2) is 11.7. The highest BCUT2D eigenvalue weighted by atomic mass is 28.4. The summed E-state index contributed by atoms with van der Waals surface area (Å²) in [6.07, 6.45) is 4.89. The number of hydrogen-bond donors (Lipinski definition) is 2. The Bertz CT molecular complexity index is 1570. The van der Waals surface area contributed by atoms with Crippen LogP contribution in [-0.4, -0.2) is 61.3 Å². The van der Waals surface area contributed by atoms with Crippen LogP contribution in [0, 0.1) is 18.3 Å². The monoisotopic (exact) mass is 583 g/mol. The number of carbonyl (C=O) groups excluding carboxylic acids is 1. The van der Waals surface area contributed by atoms with Crippen molar-refractivity contribution in [3.8, 4) is 17.3 Å². The van der Waals surface area contributed by atoms with Crippen LogP contribution >= 0.6 is 0 Å². The van der Waals surface area contributed by atoms with Crippen LogP contribution in [0.5, 0.6) is 0 Å². The minimum Gasteiger partial charge on any atom is -0.416 e. The molecule has 1 aromatic carbocycles. The van der Waals surface area contributed by atoms with E-state index < -0.39 is 8.32 Å². The fourth-order valence-electron chi connectivity index (χ4n) is 4.42. The number of pyridine rings is 1. The number of rotatable bonds is 8. The van der Waals surface area contributed by atoms with Gasteiger partial charge in [-0.15, -0.1) is 0 Å². The highest BCUT2D eigenvalue weighted by Crippen LogP contribution is 2.44. The van der Waals surface area contributed by atoms with Crippen LogP contribution in [0.15, 0.2) is 42.6 Å². The molecule has 1 atom stereocenters. The molecule has 2 N–H and O–H groups in total. The van der Waals surface area contributed by atoms with E-state index in [2.05, 4.69) is 73.5 Å². The SMILES string of the molecule is Cc1nc(/C=C/C(=O)N(C)C)ccc1Nc1nccc(-c2cc(C#N)c3c(c2)[C@@](C)(CO[Si](C)(C)C(C)(C)C)CN3)n1. The van der Waals surface area contributed by atoms with E-state index in [4.69, 9.17) is 9.41 Å². The fraction of sp³-hybridized carbons (Fsp3) is 0.406. The molecule has 0 radical (unpaired) electrons. The summed E-state index contributed by atoms with van der Waals surface area (Å²) >= 11 is 0. The van der Waals surface area contributed by atoms with Crippen LogP contribution in [0.3, 0.4) is 0 Å². The molecule has 0 saturated heterocycles. The molecule has 0 bridgehead atoms. The van der Waals surface area contributed by atoms with E-state index in [0.717, 1.165) is 28.2 Å². The zero-order valence-corrected chi connectivity index (χ0v) is 27.1. The molecule has 2 aromatic heterocycles. The van der Waals surface area contributed by atoms with Crippen LogP contribution in [-0.2, 0) is 14.6 Å². The van der Waals surface area contributed by atoms with Gasteiger partial charge < -0.3 is 20.0 Å². The van der Waals surface area contributed by atoms with E-state index in [9.17, 15) is 10.1 Å². The summed E-state index contributed by atoms with van der Waals surface area (Å²) in [5.74, 6) is 0.317. The van der Waals surface area contributed by atoms with Crippen molar-refractivity contribution in [2.24, 2.45) is 0 Å². The molecule has 0 fully saturated rings. The third-order valence-corrected chi connectivity index (χ3v) is 12.7. The van der Waals surface area contributed by atoms with Gasteiger partial charge in [-0.25, -0.2) is 9.97 Å². The summed E-state index contributed by atoms with van der Waals surface area (Å²) in [5, 5.41) is 16.9. The minimum absolute atomic E-state index is 0.104. The van der Waals surface area contributed by atoms with Gasteiger partial charge in [0.05, 0.1) is 34.0 Å². The molecule has 3 aromatic rings. The summed E-state index contributed by atoms with van der Waals surface area (Å²) in [5.41, 5.74) is 5.99. The lowest BCUT2D eigenvalue weighted by molar-refractivity contribution is -0.123. The number of carbonyl (C=O) groups is 1. The second-order valence-corrected chi connectivity index (χ2v) is 17.7. The zero-order valence-electron chi connectivity index (χ0n) is 26.1. The number of likely N-dealkylation sites (N-methyl/N-ethyl adjacent to an activating group) is 1. The van der Waals surface area contributed by atoms with Crippen molar-refractivity contribution in [3.63, 3.8) is 0 Å². The molecule has 0 spiro atoms. The summed E-state index contributed by atoms with van der Waals surface area (Å²) in [4.78, 5) is 27.1. The third kappa shape index (κ3) is 6.53. The Hall–Kier alpha value is -4.07. The fourth-order valence-corrected chi connectivity index (χ4v) is 5.53. The quantitative estimate of drug-likeness (QED) is 0.236. The molecule has 42 heavy (non-hydrogen) atoms. The number of fused-ring (bicyclic) bond motifs is 1. The lowest BCUT2D eigenvalue weighted by Crippen LogP contribution is -2.45. The lowest BCUT2D eigenvalue weighted by atomic mass is 9.83. The second-order valence-electron chi connectivity index (χ2n) is 12.8. The van der Waals surface area contributed by atoms with Gasteiger partial charge >= 0.3 is 0 Å². The van der Waals surface area contributed by atoms with Gasteiger partial charge in [0.1, 0.15) is 6.07 Å². The molecule has 0 aliphatic carbocycles. The Kier molecular flexibility index (Phi) is 8.57. The molecule has 0 unspecified atom stereocenters. The van der Waals surface area contributed by atoms with Gasteiger partial charge in [-0.2, -0.15) is 5.26 Å². The number of nitrogens with one attached hydrogen (secondary N) is 2. The molecule has 1 aliphatic heterocycles. The van der Waals surface area contributed by atoms with Gasteiger partial charge in [-0.05, 0) is 67.0 Å². The van der Waals surface area contributed by atoms with Crippen LogP contribution < -0.4 is 10.6 Å². The Morgan fingerprint density at radius 3 is 2.62 bits per heavy atom. The molecule has 1 aliphatic rings. The first kappa shape index (κ1) is 30.9. The first-order valence-electron chi connectivity index (χ1n) is 14.1. The van der Waals surface area contributed by atoms with Crippen molar-refractivity contribution in [1.29, 1.82) is 5.26 Å².